The van der Waals surface area contributed by atoms with Gasteiger partial charge in [0.15, 0.2) is 11.8 Å². The highest BCUT2D eigenvalue weighted by molar-refractivity contribution is 6.01. The molecule has 3 rings (SSSR count). The SMILES string of the molecule is CC(C)[C@H]1COC(C(CCc2ccccc2)C2=N[C@@H](C(C)C)CO2)=N1. The third-order valence-electron chi connectivity index (χ3n) is 5.09. The Morgan fingerprint density at radius 2 is 1.40 bits per heavy atom. The van der Waals surface area contributed by atoms with Gasteiger partial charge in [-0.2, -0.15) is 0 Å². The van der Waals surface area contributed by atoms with Gasteiger partial charge < -0.3 is 9.47 Å². The van der Waals surface area contributed by atoms with Gasteiger partial charge in [-0.15, -0.1) is 0 Å². The number of aliphatic imine (C=N–C) groups is 2. The number of hydrogen-bond acceptors (Lipinski definition) is 4. The number of aryl methyl sites for hydroxylation is 1. The van der Waals surface area contributed by atoms with Crippen molar-refractivity contribution in [3.63, 3.8) is 0 Å². The van der Waals surface area contributed by atoms with Crippen LogP contribution in [0, 0.1) is 17.8 Å². The van der Waals surface area contributed by atoms with Crippen molar-refractivity contribution in [1.82, 2.24) is 0 Å². The van der Waals surface area contributed by atoms with E-state index in [1.165, 1.54) is 5.56 Å². The molecule has 4 heteroatoms. The van der Waals surface area contributed by atoms with Crippen LogP contribution in [0.4, 0.5) is 0 Å². The molecular weight excluding hydrogens is 312 g/mol. The van der Waals surface area contributed by atoms with E-state index in [1.807, 2.05) is 0 Å². The van der Waals surface area contributed by atoms with Crippen molar-refractivity contribution >= 4 is 11.8 Å². The van der Waals surface area contributed by atoms with E-state index in [0.717, 1.165) is 24.6 Å². The van der Waals surface area contributed by atoms with E-state index in [2.05, 4.69) is 58.0 Å². The Balaban J connectivity index is 1.77. The molecule has 136 valence electrons. The summed E-state index contributed by atoms with van der Waals surface area (Å²) in [7, 11) is 0. The maximum absolute atomic E-state index is 5.97. The first kappa shape index (κ1) is 18.0. The first-order chi connectivity index (χ1) is 12.0. The molecule has 0 unspecified atom stereocenters. The maximum atomic E-state index is 5.97. The Hall–Kier alpha value is -1.84. The monoisotopic (exact) mass is 342 g/mol. The maximum Gasteiger partial charge on any atom is 0.196 e. The van der Waals surface area contributed by atoms with Gasteiger partial charge in [0, 0.05) is 0 Å². The van der Waals surface area contributed by atoms with E-state index >= 15 is 0 Å². The number of ether oxygens (including phenoxy) is 2. The third kappa shape index (κ3) is 4.42. The lowest BCUT2D eigenvalue weighted by atomic mass is 9.98. The fourth-order valence-corrected chi connectivity index (χ4v) is 3.19. The predicted octanol–water partition coefficient (Wildman–Crippen LogP) is 4.14. The van der Waals surface area contributed by atoms with Crippen LogP contribution in [0.5, 0.6) is 0 Å². The third-order valence-corrected chi connectivity index (χ3v) is 5.09. The topological polar surface area (TPSA) is 43.2 Å². The molecule has 0 saturated carbocycles. The second-order valence-corrected chi connectivity index (χ2v) is 7.76. The Morgan fingerprint density at radius 3 is 1.84 bits per heavy atom. The summed E-state index contributed by atoms with van der Waals surface area (Å²) in [6, 6.07) is 11.0. The number of rotatable bonds is 7. The van der Waals surface area contributed by atoms with Gasteiger partial charge >= 0.3 is 0 Å². The minimum absolute atomic E-state index is 0.0349. The van der Waals surface area contributed by atoms with Crippen LogP contribution in [0.25, 0.3) is 0 Å². The van der Waals surface area contributed by atoms with Crippen LogP contribution >= 0.6 is 0 Å². The van der Waals surface area contributed by atoms with Gasteiger partial charge in [0.25, 0.3) is 0 Å². The van der Waals surface area contributed by atoms with Crippen molar-refractivity contribution in [2.45, 2.75) is 52.6 Å². The second-order valence-electron chi connectivity index (χ2n) is 7.76. The van der Waals surface area contributed by atoms with Gasteiger partial charge in [-0.3, -0.25) is 0 Å². The average molecular weight is 342 g/mol. The Kier molecular flexibility index (Phi) is 5.77. The number of hydrogen-bond donors (Lipinski definition) is 0. The van der Waals surface area contributed by atoms with Crippen LogP contribution in [-0.2, 0) is 15.9 Å². The fourth-order valence-electron chi connectivity index (χ4n) is 3.19. The van der Waals surface area contributed by atoms with Gasteiger partial charge in [0.05, 0.1) is 12.1 Å². The van der Waals surface area contributed by atoms with E-state index in [-0.39, 0.29) is 18.0 Å². The zero-order valence-corrected chi connectivity index (χ0v) is 15.8. The Morgan fingerprint density at radius 1 is 0.880 bits per heavy atom. The van der Waals surface area contributed by atoms with Crippen molar-refractivity contribution in [3.8, 4) is 0 Å². The molecule has 0 amide bonds. The van der Waals surface area contributed by atoms with Gasteiger partial charge in [-0.1, -0.05) is 58.0 Å². The standard InChI is InChI=1S/C21H30N2O2/c1-14(2)18-12-24-20(22-18)17(11-10-16-8-6-5-7-9-16)21-23-19(13-25-21)15(3)4/h5-9,14-15,17-19H,10-13H2,1-4H3/t18-,19-/m1/s1. The van der Waals surface area contributed by atoms with E-state index in [4.69, 9.17) is 19.5 Å². The summed E-state index contributed by atoms with van der Waals surface area (Å²) in [6.07, 6.45) is 1.88. The summed E-state index contributed by atoms with van der Waals surface area (Å²) in [5.74, 6) is 2.65. The lowest BCUT2D eigenvalue weighted by molar-refractivity contribution is 0.263. The molecule has 0 bridgehead atoms. The number of nitrogens with zero attached hydrogens (tertiary/aromatic N) is 2. The molecule has 1 aromatic rings. The zero-order chi connectivity index (χ0) is 17.8. The van der Waals surface area contributed by atoms with Crippen LogP contribution in [-0.4, -0.2) is 37.1 Å². The van der Waals surface area contributed by atoms with Crippen molar-refractivity contribution in [1.29, 1.82) is 0 Å². The molecule has 0 saturated heterocycles. The summed E-state index contributed by atoms with van der Waals surface area (Å²) in [5, 5.41) is 0. The van der Waals surface area contributed by atoms with Crippen molar-refractivity contribution in [2.75, 3.05) is 13.2 Å². The first-order valence-corrected chi connectivity index (χ1v) is 9.49. The summed E-state index contributed by atoms with van der Waals surface area (Å²) < 4.78 is 11.9. The van der Waals surface area contributed by atoms with E-state index in [1.54, 1.807) is 0 Å². The lowest BCUT2D eigenvalue weighted by Crippen LogP contribution is -2.25. The molecule has 4 nitrogen and oxygen atoms in total. The largest absolute Gasteiger partial charge is 0.478 e. The van der Waals surface area contributed by atoms with E-state index in [0.29, 0.717) is 25.0 Å². The molecule has 25 heavy (non-hydrogen) atoms. The summed E-state index contributed by atoms with van der Waals surface area (Å²) >= 11 is 0. The molecule has 0 fully saturated rings. The normalized spacial score (nSPS) is 23.0. The Labute approximate surface area is 151 Å². The quantitative estimate of drug-likeness (QED) is 0.747. The van der Waals surface area contributed by atoms with Crippen LogP contribution in [0.15, 0.2) is 40.3 Å². The molecule has 0 aromatic heterocycles. The lowest BCUT2D eigenvalue weighted by Gasteiger charge is -2.16. The van der Waals surface area contributed by atoms with Crippen molar-refractivity contribution in [2.24, 2.45) is 27.7 Å². The molecule has 2 aliphatic heterocycles. The highest BCUT2D eigenvalue weighted by Gasteiger charge is 2.35. The Bertz CT molecular complexity index is 588. The molecular formula is C21H30N2O2. The minimum Gasteiger partial charge on any atom is -0.478 e. The first-order valence-electron chi connectivity index (χ1n) is 9.49. The molecule has 2 heterocycles. The van der Waals surface area contributed by atoms with Gasteiger partial charge in [0.2, 0.25) is 0 Å². The molecule has 2 aliphatic rings. The van der Waals surface area contributed by atoms with Crippen LogP contribution in [0.3, 0.4) is 0 Å². The van der Waals surface area contributed by atoms with E-state index < -0.39 is 0 Å². The fraction of sp³-hybridized carbons (Fsp3) is 0.619. The van der Waals surface area contributed by atoms with E-state index in [9.17, 15) is 0 Å². The summed E-state index contributed by atoms with van der Waals surface area (Å²) in [5.41, 5.74) is 1.32. The average Bonchev–Trinajstić information content (AvgIpc) is 3.26. The highest BCUT2D eigenvalue weighted by Crippen LogP contribution is 2.26. The molecule has 0 aliphatic carbocycles. The predicted molar refractivity (Wildman–Crippen MR) is 102 cm³/mol. The number of benzene rings is 1. The van der Waals surface area contributed by atoms with Crippen LogP contribution in [0.2, 0.25) is 0 Å². The zero-order valence-electron chi connectivity index (χ0n) is 15.8. The van der Waals surface area contributed by atoms with Crippen molar-refractivity contribution < 1.29 is 9.47 Å². The smallest absolute Gasteiger partial charge is 0.196 e. The van der Waals surface area contributed by atoms with Crippen LogP contribution < -0.4 is 0 Å². The minimum atomic E-state index is 0.0349. The van der Waals surface area contributed by atoms with Gasteiger partial charge in [-0.05, 0) is 30.2 Å². The van der Waals surface area contributed by atoms with Crippen LogP contribution in [0.1, 0.15) is 39.7 Å². The van der Waals surface area contributed by atoms with Gasteiger partial charge in [0.1, 0.15) is 19.1 Å². The molecule has 0 radical (unpaired) electrons. The molecule has 0 spiro atoms. The molecule has 2 atom stereocenters. The summed E-state index contributed by atoms with van der Waals surface area (Å²) in [6.45, 7) is 10.1. The highest BCUT2D eigenvalue weighted by atomic mass is 16.5. The summed E-state index contributed by atoms with van der Waals surface area (Å²) in [4.78, 5) is 9.70. The second kappa shape index (κ2) is 8.03. The molecule has 1 aromatic carbocycles. The molecule has 0 N–H and O–H groups in total. The van der Waals surface area contributed by atoms with Gasteiger partial charge in [-0.25, -0.2) is 9.98 Å². The van der Waals surface area contributed by atoms with Crippen molar-refractivity contribution in [3.05, 3.63) is 35.9 Å².